The molecule has 3 aliphatic heterocycles. The number of piperazine rings is 1. The van der Waals surface area contributed by atoms with Gasteiger partial charge < -0.3 is 15.0 Å². The zero-order valence-electron chi connectivity index (χ0n) is 16.4. The van der Waals surface area contributed by atoms with Gasteiger partial charge in [-0.2, -0.15) is 0 Å². The average Bonchev–Trinajstić information content (AvgIpc) is 2.72. The van der Waals surface area contributed by atoms with E-state index in [1.54, 1.807) is 25.3 Å². The van der Waals surface area contributed by atoms with E-state index in [-0.39, 0.29) is 30.4 Å². The molecule has 2 unspecified atom stereocenters. The van der Waals surface area contributed by atoms with E-state index in [1.165, 1.54) is 6.33 Å². The number of amides is 1. The van der Waals surface area contributed by atoms with Gasteiger partial charge in [-0.25, -0.2) is 14.4 Å². The number of halogens is 2. The van der Waals surface area contributed by atoms with Crippen molar-refractivity contribution < 1.29 is 13.9 Å². The summed E-state index contributed by atoms with van der Waals surface area (Å²) in [7, 11) is 1.55. The van der Waals surface area contributed by atoms with Crippen LogP contribution in [-0.2, 0) is 11.2 Å². The zero-order chi connectivity index (χ0) is 20.5. The van der Waals surface area contributed by atoms with Gasteiger partial charge in [0, 0.05) is 30.2 Å². The molecule has 1 amide bonds. The molecule has 0 aliphatic carbocycles. The number of ether oxygens (including phenoxy) is 1. The molecule has 0 radical (unpaired) electrons. The summed E-state index contributed by atoms with van der Waals surface area (Å²) >= 11 is 6.02. The zero-order valence-corrected chi connectivity index (χ0v) is 17.1. The number of methoxy groups -OCH3 is 1. The predicted molar refractivity (Wildman–Crippen MR) is 109 cm³/mol. The Balaban J connectivity index is 1.39. The third-order valence-corrected chi connectivity index (χ3v) is 5.82. The van der Waals surface area contributed by atoms with E-state index in [2.05, 4.69) is 20.2 Å². The highest BCUT2D eigenvalue weighted by Gasteiger charge is 2.46. The van der Waals surface area contributed by atoms with E-state index < -0.39 is 0 Å². The lowest BCUT2D eigenvalue weighted by molar-refractivity contribution is -0.121. The fourth-order valence-electron chi connectivity index (χ4n) is 4.11. The van der Waals surface area contributed by atoms with Gasteiger partial charge in [-0.1, -0.05) is 18.5 Å². The highest BCUT2D eigenvalue weighted by molar-refractivity contribution is 6.31. The molecule has 5 rings (SSSR count). The molecule has 1 aromatic heterocycles. The summed E-state index contributed by atoms with van der Waals surface area (Å²) in [5, 5.41) is 3.40. The Bertz CT molecular complexity index is 916. The highest BCUT2D eigenvalue weighted by atomic mass is 35.5. The summed E-state index contributed by atoms with van der Waals surface area (Å²) in [6.07, 6.45) is 2.94. The van der Waals surface area contributed by atoms with E-state index in [0.29, 0.717) is 47.5 Å². The fraction of sp³-hybridized carbons (Fsp3) is 0.450. The Morgan fingerprint density at radius 3 is 2.79 bits per heavy atom. The predicted octanol–water partition coefficient (Wildman–Crippen LogP) is 2.74. The molecule has 3 fully saturated rings. The topological polar surface area (TPSA) is 70.6 Å². The molecule has 2 atom stereocenters. The minimum Gasteiger partial charge on any atom is -0.495 e. The largest absolute Gasteiger partial charge is 0.495 e. The van der Waals surface area contributed by atoms with Crippen molar-refractivity contribution in [1.82, 2.24) is 14.9 Å². The van der Waals surface area contributed by atoms with Crippen LogP contribution < -0.4 is 15.0 Å². The van der Waals surface area contributed by atoms with Crippen LogP contribution in [0, 0.1) is 5.82 Å². The molecule has 3 aliphatic rings. The first-order valence-corrected chi connectivity index (χ1v) is 10.0. The number of aromatic nitrogens is 2. The smallest absolute Gasteiger partial charge is 0.238 e. The highest BCUT2D eigenvalue weighted by Crippen LogP contribution is 2.35. The number of benzene rings is 1. The number of carbonyl (C=O) groups is 1. The molecule has 2 bridgehead atoms. The molecule has 0 saturated carbocycles. The maximum Gasteiger partial charge on any atom is 0.238 e. The molecule has 1 N–H and O–H groups in total. The van der Waals surface area contributed by atoms with Crippen LogP contribution in [0.2, 0.25) is 5.02 Å². The lowest BCUT2D eigenvalue weighted by Gasteiger charge is -2.56. The second kappa shape index (κ2) is 8.12. The molecule has 154 valence electrons. The Kier molecular flexibility index (Phi) is 5.56. The SMILES string of the molecule is CCc1ncnc(N2CC3CC(C2)N3CC(=O)Nc2cc(Cl)ccc2OC)c1F. The van der Waals surface area contributed by atoms with Gasteiger partial charge in [-0.05, 0) is 31.0 Å². The summed E-state index contributed by atoms with van der Waals surface area (Å²) in [4.78, 5) is 24.8. The van der Waals surface area contributed by atoms with E-state index in [4.69, 9.17) is 16.3 Å². The third-order valence-electron chi connectivity index (χ3n) is 5.58. The van der Waals surface area contributed by atoms with Gasteiger partial charge in [-0.3, -0.25) is 9.69 Å². The van der Waals surface area contributed by atoms with Gasteiger partial charge in [0.25, 0.3) is 0 Å². The van der Waals surface area contributed by atoms with Crippen LogP contribution in [0.3, 0.4) is 0 Å². The lowest BCUT2D eigenvalue weighted by atomic mass is 9.87. The Hall–Kier alpha value is -2.45. The fourth-order valence-corrected chi connectivity index (χ4v) is 4.29. The maximum absolute atomic E-state index is 14.6. The minimum atomic E-state index is -0.339. The Labute approximate surface area is 173 Å². The summed E-state index contributed by atoms with van der Waals surface area (Å²) in [6.45, 7) is 3.42. The van der Waals surface area contributed by atoms with Crippen LogP contribution in [0.25, 0.3) is 0 Å². The van der Waals surface area contributed by atoms with Gasteiger partial charge in [0.15, 0.2) is 11.6 Å². The van der Waals surface area contributed by atoms with E-state index >= 15 is 0 Å². The monoisotopic (exact) mass is 419 g/mol. The molecule has 2 aromatic rings. The number of nitrogens with zero attached hydrogens (tertiary/aromatic N) is 4. The van der Waals surface area contributed by atoms with E-state index in [0.717, 1.165) is 6.42 Å². The van der Waals surface area contributed by atoms with Crippen molar-refractivity contribution in [2.24, 2.45) is 0 Å². The van der Waals surface area contributed by atoms with Crippen LogP contribution in [0.15, 0.2) is 24.5 Å². The number of hydrogen-bond acceptors (Lipinski definition) is 6. The van der Waals surface area contributed by atoms with Crippen molar-refractivity contribution in [3.63, 3.8) is 0 Å². The molecule has 3 saturated heterocycles. The summed E-state index contributed by atoms with van der Waals surface area (Å²) in [6, 6.07) is 5.48. The normalized spacial score (nSPS) is 20.9. The number of carbonyl (C=O) groups excluding carboxylic acids is 1. The minimum absolute atomic E-state index is 0.129. The Morgan fingerprint density at radius 1 is 1.34 bits per heavy atom. The number of fused-ring (bicyclic) bond motifs is 2. The first kappa shape index (κ1) is 19.8. The second-order valence-corrected chi connectivity index (χ2v) is 7.76. The van der Waals surface area contributed by atoms with Gasteiger partial charge in [0.05, 0.1) is 25.0 Å². The number of nitrogens with one attached hydrogen (secondary N) is 1. The molecule has 0 spiro atoms. The quantitative estimate of drug-likeness (QED) is 0.776. The molecule has 1 aromatic carbocycles. The molecular weight excluding hydrogens is 397 g/mol. The van der Waals surface area contributed by atoms with E-state index in [1.807, 2.05) is 11.8 Å². The van der Waals surface area contributed by atoms with Crippen molar-refractivity contribution in [2.75, 3.05) is 37.0 Å². The van der Waals surface area contributed by atoms with Gasteiger partial charge in [0.1, 0.15) is 12.1 Å². The average molecular weight is 420 g/mol. The van der Waals surface area contributed by atoms with Crippen LogP contribution in [-0.4, -0.2) is 59.6 Å². The van der Waals surface area contributed by atoms with Crippen molar-refractivity contribution in [2.45, 2.75) is 31.8 Å². The van der Waals surface area contributed by atoms with Gasteiger partial charge in [0.2, 0.25) is 5.91 Å². The molecule has 29 heavy (non-hydrogen) atoms. The van der Waals surface area contributed by atoms with Gasteiger partial charge >= 0.3 is 0 Å². The van der Waals surface area contributed by atoms with Crippen molar-refractivity contribution in [3.05, 3.63) is 41.1 Å². The first-order valence-electron chi connectivity index (χ1n) is 9.63. The van der Waals surface area contributed by atoms with Gasteiger partial charge in [-0.15, -0.1) is 0 Å². The number of rotatable bonds is 6. The molecule has 9 heteroatoms. The van der Waals surface area contributed by atoms with Crippen LogP contribution >= 0.6 is 11.6 Å². The van der Waals surface area contributed by atoms with Crippen molar-refractivity contribution in [3.8, 4) is 5.75 Å². The first-order chi connectivity index (χ1) is 14.0. The molecule has 4 heterocycles. The number of anilines is 2. The lowest BCUT2D eigenvalue weighted by Crippen LogP contribution is -2.70. The van der Waals surface area contributed by atoms with Crippen molar-refractivity contribution >= 4 is 29.0 Å². The van der Waals surface area contributed by atoms with Crippen LogP contribution in [0.5, 0.6) is 5.75 Å². The van der Waals surface area contributed by atoms with E-state index in [9.17, 15) is 9.18 Å². The van der Waals surface area contributed by atoms with Crippen molar-refractivity contribution in [1.29, 1.82) is 0 Å². The second-order valence-electron chi connectivity index (χ2n) is 7.32. The summed E-state index contributed by atoms with van der Waals surface area (Å²) in [5.41, 5.74) is 0.980. The number of hydrogen-bond donors (Lipinski definition) is 1. The third kappa shape index (κ3) is 3.86. The van der Waals surface area contributed by atoms with Crippen LogP contribution in [0.1, 0.15) is 19.0 Å². The summed E-state index contributed by atoms with van der Waals surface area (Å²) in [5.74, 6) is 0.451. The number of piperidine rings is 1. The maximum atomic E-state index is 14.6. The number of aryl methyl sites for hydroxylation is 1. The standard InChI is InChI=1S/C20H23ClFN5O2/c1-3-15-19(22)20(24-11-23-15)26-8-13-7-14(9-26)27(13)10-18(28)25-16-6-12(21)4-5-17(16)29-2/h4-6,11,13-14H,3,7-10H2,1-2H3,(H,25,28). The van der Waals surface area contributed by atoms with Crippen LogP contribution in [0.4, 0.5) is 15.9 Å². The molecule has 7 nitrogen and oxygen atoms in total. The summed E-state index contributed by atoms with van der Waals surface area (Å²) < 4.78 is 19.9. The Morgan fingerprint density at radius 2 is 2.10 bits per heavy atom. The molecular formula is C20H23ClFN5O2.